The van der Waals surface area contributed by atoms with Gasteiger partial charge in [-0.1, -0.05) is 6.92 Å². The lowest BCUT2D eigenvalue weighted by Crippen LogP contribution is -2.45. The van der Waals surface area contributed by atoms with Crippen LogP contribution in [0.5, 0.6) is 17.5 Å². The third kappa shape index (κ3) is 4.92. The number of hydrogen-bond donors (Lipinski definition) is 0. The van der Waals surface area contributed by atoms with E-state index in [0.717, 1.165) is 30.4 Å². The molecular weight excluding hydrogens is 422 g/mol. The van der Waals surface area contributed by atoms with Gasteiger partial charge >= 0.3 is 6.01 Å². The number of piperidine rings is 1. The molecule has 1 aliphatic rings. The van der Waals surface area contributed by atoms with Gasteiger partial charge in [-0.15, -0.1) is 0 Å². The molecule has 0 bridgehead atoms. The van der Waals surface area contributed by atoms with E-state index >= 15 is 0 Å². The molecule has 0 radical (unpaired) electrons. The van der Waals surface area contributed by atoms with Crippen LogP contribution >= 0.6 is 0 Å². The van der Waals surface area contributed by atoms with Gasteiger partial charge < -0.3 is 19.1 Å². The van der Waals surface area contributed by atoms with E-state index in [-0.39, 0.29) is 12.0 Å². The fraction of sp³-hybridized carbons (Fsp3) is 0.417. The Morgan fingerprint density at radius 1 is 1.15 bits per heavy atom. The Bertz CT molecular complexity index is 1110. The number of likely N-dealkylation sites (tertiary alicyclic amines) is 1. The zero-order valence-electron chi connectivity index (χ0n) is 19.4. The molecule has 3 aromatic rings. The minimum atomic E-state index is -0.152. The molecule has 3 heterocycles. The molecular formula is C24H29N5O4. The van der Waals surface area contributed by atoms with Crippen LogP contribution in [0.4, 0.5) is 0 Å². The molecule has 0 aliphatic carbocycles. The second kappa shape index (κ2) is 9.89. The Balaban J connectivity index is 1.50. The van der Waals surface area contributed by atoms with Gasteiger partial charge in [0.2, 0.25) is 0 Å². The van der Waals surface area contributed by atoms with E-state index in [9.17, 15) is 4.79 Å². The average Bonchev–Trinajstić information content (AvgIpc) is 3.25. The van der Waals surface area contributed by atoms with Crippen molar-refractivity contribution in [2.75, 3.05) is 27.3 Å². The summed E-state index contributed by atoms with van der Waals surface area (Å²) in [5, 5.41) is 4.57. The molecule has 1 aliphatic heterocycles. The van der Waals surface area contributed by atoms with Crippen molar-refractivity contribution in [3.8, 4) is 28.8 Å². The van der Waals surface area contributed by atoms with Crippen LogP contribution < -0.4 is 14.2 Å². The monoisotopic (exact) mass is 451 g/mol. The average molecular weight is 452 g/mol. The minimum Gasteiger partial charge on any atom is -0.497 e. The third-order valence-electron chi connectivity index (χ3n) is 5.81. The second-order valence-electron chi connectivity index (χ2n) is 7.97. The van der Waals surface area contributed by atoms with Crippen LogP contribution in [0.25, 0.3) is 11.3 Å². The highest BCUT2D eigenvalue weighted by Gasteiger charge is 2.28. The van der Waals surface area contributed by atoms with Gasteiger partial charge in [-0.05, 0) is 49.1 Å². The van der Waals surface area contributed by atoms with Crippen LogP contribution in [0, 0.1) is 0 Å². The van der Waals surface area contributed by atoms with E-state index < -0.39 is 0 Å². The van der Waals surface area contributed by atoms with Crippen LogP contribution in [-0.2, 0) is 13.5 Å². The molecule has 9 heteroatoms. The lowest BCUT2D eigenvalue weighted by atomic mass is 10.1. The molecule has 0 N–H and O–H groups in total. The summed E-state index contributed by atoms with van der Waals surface area (Å²) in [7, 11) is 4.98. The first-order valence-corrected chi connectivity index (χ1v) is 11.1. The van der Waals surface area contributed by atoms with E-state index in [4.69, 9.17) is 14.2 Å². The molecule has 33 heavy (non-hydrogen) atoms. The number of carbonyl (C=O) groups is 1. The van der Waals surface area contributed by atoms with Gasteiger partial charge in [0.05, 0.1) is 26.5 Å². The highest BCUT2D eigenvalue weighted by molar-refractivity contribution is 5.94. The SMILES string of the molecule is CCc1cnc(OC2CCCN(C(=O)c3cc(-c4cc(OC)ccc4OC)nn3C)C2)nc1. The number of methoxy groups -OCH3 is 2. The summed E-state index contributed by atoms with van der Waals surface area (Å²) in [5.74, 6) is 1.26. The Kier molecular flexibility index (Phi) is 6.76. The topological polar surface area (TPSA) is 91.6 Å². The maximum absolute atomic E-state index is 13.3. The van der Waals surface area contributed by atoms with Crippen molar-refractivity contribution in [2.24, 2.45) is 7.05 Å². The van der Waals surface area contributed by atoms with Gasteiger partial charge in [0.25, 0.3) is 5.91 Å². The van der Waals surface area contributed by atoms with E-state index in [0.29, 0.717) is 42.0 Å². The van der Waals surface area contributed by atoms with Crippen LogP contribution in [0.3, 0.4) is 0 Å². The molecule has 1 amide bonds. The van der Waals surface area contributed by atoms with Crippen LogP contribution in [0.2, 0.25) is 0 Å². The first kappa shape index (κ1) is 22.6. The highest BCUT2D eigenvalue weighted by atomic mass is 16.5. The number of benzene rings is 1. The summed E-state index contributed by atoms with van der Waals surface area (Å²) in [6, 6.07) is 7.64. The van der Waals surface area contributed by atoms with Gasteiger partial charge in [0.15, 0.2) is 0 Å². The normalized spacial score (nSPS) is 15.9. The minimum absolute atomic E-state index is 0.0892. The zero-order chi connectivity index (χ0) is 23.4. The number of amides is 1. The zero-order valence-corrected chi connectivity index (χ0v) is 19.4. The molecule has 174 valence electrons. The number of ether oxygens (including phenoxy) is 3. The van der Waals surface area contributed by atoms with Crippen molar-refractivity contribution in [3.05, 3.63) is 47.9 Å². The molecule has 0 saturated carbocycles. The van der Waals surface area contributed by atoms with Crippen LogP contribution in [0.1, 0.15) is 35.8 Å². The molecule has 1 saturated heterocycles. The van der Waals surface area contributed by atoms with Crippen molar-refractivity contribution in [1.29, 1.82) is 0 Å². The Morgan fingerprint density at radius 2 is 1.94 bits per heavy atom. The number of aryl methyl sites for hydroxylation is 2. The van der Waals surface area contributed by atoms with Gasteiger partial charge in [-0.2, -0.15) is 5.10 Å². The third-order valence-corrected chi connectivity index (χ3v) is 5.81. The fourth-order valence-corrected chi connectivity index (χ4v) is 3.93. The predicted octanol–water partition coefficient (Wildman–Crippen LogP) is 3.14. The Morgan fingerprint density at radius 3 is 2.64 bits per heavy atom. The predicted molar refractivity (Wildman–Crippen MR) is 123 cm³/mol. The number of carbonyl (C=O) groups excluding carboxylic acids is 1. The first-order chi connectivity index (χ1) is 16.0. The highest BCUT2D eigenvalue weighted by Crippen LogP contribution is 2.33. The summed E-state index contributed by atoms with van der Waals surface area (Å²) in [5.41, 5.74) is 2.96. The summed E-state index contributed by atoms with van der Waals surface area (Å²) >= 11 is 0. The number of rotatable bonds is 7. The Labute approximate surface area is 193 Å². The van der Waals surface area contributed by atoms with E-state index in [1.807, 2.05) is 18.2 Å². The van der Waals surface area contributed by atoms with Crippen molar-refractivity contribution in [1.82, 2.24) is 24.6 Å². The van der Waals surface area contributed by atoms with Gasteiger partial charge in [-0.3, -0.25) is 9.48 Å². The maximum Gasteiger partial charge on any atom is 0.316 e. The van der Waals surface area contributed by atoms with Crippen molar-refractivity contribution >= 4 is 5.91 Å². The van der Waals surface area contributed by atoms with Gasteiger partial charge in [0.1, 0.15) is 23.3 Å². The molecule has 1 atom stereocenters. The van der Waals surface area contributed by atoms with Gasteiger partial charge in [-0.25, -0.2) is 9.97 Å². The molecule has 4 rings (SSSR count). The molecule has 1 aromatic carbocycles. The molecule has 1 fully saturated rings. The smallest absolute Gasteiger partial charge is 0.316 e. The number of aromatic nitrogens is 4. The number of hydrogen-bond acceptors (Lipinski definition) is 7. The summed E-state index contributed by atoms with van der Waals surface area (Å²) < 4.78 is 18.4. The van der Waals surface area contributed by atoms with E-state index in [1.165, 1.54) is 0 Å². The lowest BCUT2D eigenvalue weighted by molar-refractivity contribution is 0.0506. The first-order valence-electron chi connectivity index (χ1n) is 11.1. The summed E-state index contributed by atoms with van der Waals surface area (Å²) in [4.78, 5) is 23.7. The van der Waals surface area contributed by atoms with Crippen molar-refractivity contribution in [3.63, 3.8) is 0 Å². The van der Waals surface area contributed by atoms with E-state index in [2.05, 4.69) is 22.0 Å². The quantitative estimate of drug-likeness (QED) is 0.545. The maximum atomic E-state index is 13.3. The van der Waals surface area contributed by atoms with Crippen molar-refractivity contribution < 1.29 is 19.0 Å². The summed E-state index contributed by atoms with van der Waals surface area (Å²) in [6.07, 6.45) is 5.97. The number of nitrogens with zero attached hydrogens (tertiary/aromatic N) is 5. The Hall–Kier alpha value is -3.62. The molecule has 1 unspecified atom stereocenters. The van der Waals surface area contributed by atoms with Crippen molar-refractivity contribution in [2.45, 2.75) is 32.3 Å². The van der Waals surface area contributed by atoms with Crippen LogP contribution in [-0.4, -0.2) is 64.0 Å². The lowest BCUT2D eigenvalue weighted by Gasteiger charge is -2.32. The largest absolute Gasteiger partial charge is 0.497 e. The second-order valence-corrected chi connectivity index (χ2v) is 7.97. The summed E-state index contributed by atoms with van der Waals surface area (Å²) in [6.45, 7) is 3.19. The standard InChI is InChI=1S/C24H29N5O4/c1-5-16-13-25-24(26-14-16)33-18-7-6-10-29(15-18)23(30)21-12-20(27-28(21)2)19-11-17(31-3)8-9-22(19)32-4/h8-9,11-14,18H,5-7,10,15H2,1-4H3. The molecule has 2 aromatic heterocycles. The molecule has 9 nitrogen and oxygen atoms in total. The molecule has 0 spiro atoms. The van der Waals surface area contributed by atoms with Crippen LogP contribution in [0.15, 0.2) is 36.7 Å². The van der Waals surface area contributed by atoms with Gasteiger partial charge in [0, 0.05) is 31.5 Å². The fourth-order valence-electron chi connectivity index (χ4n) is 3.93. The van der Waals surface area contributed by atoms with E-state index in [1.54, 1.807) is 49.3 Å².